The van der Waals surface area contributed by atoms with Crippen LogP contribution in [0.25, 0.3) is 0 Å². The first-order valence-corrected chi connectivity index (χ1v) is 8.41. The number of anilines is 1. The highest BCUT2D eigenvalue weighted by Gasteiger charge is 2.13. The van der Waals surface area contributed by atoms with Gasteiger partial charge in [-0.3, -0.25) is 0 Å². The minimum Gasteiger partial charge on any atom is -0.497 e. The first kappa shape index (κ1) is 16.6. The van der Waals surface area contributed by atoms with E-state index in [0.717, 1.165) is 49.1 Å². The lowest BCUT2D eigenvalue weighted by Crippen LogP contribution is -2.19. The summed E-state index contributed by atoms with van der Waals surface area (Å²) in [5.41, 5.74) is 2.37. The first-order valence-electron chi connectivity index (χ1n) is 8.41. The van der Waals surface area contributed by atoms with Gasteiger partial charge in [-0.2, -0.15) is 0 Å². The summed E-state index contributed by atoms with van der Waals surface area (Å²) in [5, 5.41) is 3.48. The molecule has 0 spiro atoms. The van der Waals surface area contributed by atoms with Crippen LogP contribution in [0.4, 0.5) is 5.82 Å². The van der Waals surface area contributed by atoms with E-state index in [1.165, 1.54) is 18.4 Å². The van der Waals surface area contributed by atoms with Crippen molar-refractivity contribution in [3.8, 4) is 11.5 Å². The Morgan fingerprint density at radius 2 is 1.88 bits per heavy atom. The lowest BCUT2D eigenvalue weighted by Gasteiger charge is -2.17. The standard InChI is InChI=1S/C19H25N3O2/c1-23-17-6-5-16(18(12-17)24-2)14-20-13-15-7-8-21-19(11-15)22-9-3-4-10-22/h5-8,11-12,20H,3-4,9-10,13-14H2,1-2H3. The van der Waals surface area contributed by atoms with Crippen LogP contribution in [-0.2, 0) is 13.1 Å². The molecule has 0 aliphatic carbocycles. The van der Waals surface area contributed by atoms with Gasteiger partial charge in [-0.25, -0.2) is 4.98 Å². The minimum absolute atomic E-state index is 0.745. The molecule has 0 atom stereocenters. The molecule has 128 valence electrons. The number of hydrogen-bond acceptors (Lipinski definition) is 5. The number of pyridine rings is 1. The van der Waals surface area contributed by atoms with Crippen LogP contribution in [0.3, 0.4) is 0 Å². The molecule has 2 aromatic rings. The second-order valence-electron chi connectivity index (χ2n) is 6.00. The van der Waals surface area contributed by atoms with E-state index in [2.05, 4.69) is 27.3 Å². The van der Waals surface area contributed by atoms with Gasteiger partial charge >= 0.3 is 0 Å². The van der Waals surface area contributed by atoms with Crippen molar-refractivity contribution in [2.24, 2.45) is 0 Å². The number of aromatic nitrogens is 1. The molecule has 24 heavy (non-hydrogen) atoms. The maximum Gasteiger partial charge on any atom is 0.128 e. The molecule has 1 aliphatic heterocycles. The second-order valence-corrected chi connectivity index (χ2v) is 6.00. The first-order chi connectivity index (χ1) is 11.8. The van der Waals surface area contributed by atoms with Crippen molar-refractivity contribution in [2.75, 3.05) is 32.2 Å². The van der Waals surface area contributed by atoms with Crippen molar-refractivity contribution >= 4 is 5.82 Å². The largest absolute Gasteiger partial charge is 0.497 e. The van der Waals surface area contributed by atoms with Gasteiger partial charge in [0, 0.05) is 44.0 Å². The molecule has 1 fully saturated rings. The molecule has 0 unspecified atom stereocenters. The van der Waals surface area contributed by atoms with Crippen molar-refractivity contribution in [1.82, 2.24) is 10.3 Å². The van der Waals surface area contributed by atoms with Gasteiger partial charge in [0.05, 0.1) is 14.2 Å². The average Bonchev–Trinajstić information content (AvgIpc) is 3.17. The summed E-state index contributed by atoms with van der Waals surface area (Å²) in [6.45, 7) is 3.78. The predicted octanol–water partition coefficient (Wildman–Crippen LogP) is 2.99. The fourth-order valence-corrected chi connectivity index (χ4v) is 3.03. The molecule has 0 radical (unpaired) electrons. The third-order valence-corrected chi connectivity index (χ3v) is 4.38. The fourth-order valence-electron chi connectivity index (χ4n) is 3.03. The van der Waals surface area contributed by atoms with E-state index >= 15 is 0 Å². The van der Waals surface area contributed by atoms with Gasteiger partial charge in [-0.1, -0.05) is 6.07 Å². The zero-order chi connectivity index (χ0) is 16.8. The highest BCUT2D eigenvalue weighted by molar-refractivity contribution is 5.42. The molecule has 1 saturated heterocycles. The molecular weight excluding hydrogens is 302 g/mol. The van der Waals surface area contributed by atoms with Gasteiger partial charge in [0.15, 0.2) is 0 Å². The molecule has 5 nitrogen and oxygen atoms in total. The van der Waals surface area contributed by atoms with Crippen LogP contribution in [0, 0.1) is 0 Å². The topological polar surface area (TPSA) is 46.6 Å². The number of hydrogen-bond donors (Lipinski definition) is 1. The molecule has 0 saturated carbocycles. The third kappa shape index (κ3) is 3.97. The minimum atomic E-state index is 0.745. The number of ether oxygens (including phenoxy) is 2. The van der Waals surface area contributed by atoms with Crippen LogP contribution < -0.4 is 19.7 Å². The van der Waals surface area contributed by atoms with Gasteiger partial charge < -0.3 is 19.7 Å². The van der Waals surface area contributed by atoms with Gasteiger partial charge in [-0.05, 0) is 36.6 Å². The summed E-state index contributed by atoms with van der Waals surface area (Å²) >= 11 is 0. The average molecular weight is 327 g/mol. The van der Waals surface area contributed by atoms with Gasteiger partial charge in [0.25, 0.3) is 0 Å². The van der Waals surface area contributed by atoms with Crippen molar-refractivity contribution in [3.05, 3.63) is 47.7 Å². The number of methoxy groups -OCH3 is 2. The highest BCUT2D eigenvalue weighted by atomic mass is 16.5. The van der Waals surface area contributed by atoms with Crippen molar-refractivity contribution in [2.45, 2.75) is 25.9 Å². The summed E-state index contributed by atoms with van der Waals surface area (Å²) < 4.78 is 10.7. The number of nitrogens with one attached hydrogen (secondary N) is 1. The molecule has 0 amide bonds. The SMILES string of the molecule is COc1ccc(CNCc2ccnc(N3CCCC3)c2)c(OC)c1. The molecule has 0 bridgehead atoms. The van der Waals surface area contributed by atoms with Gasteiger partial charge in [0.1, 0.15) is 17.3 Å². The van der Waals surface area contributed by atoms with Crippen LogP contribution in [0.15, 0.2) is 36.5 Å². The molecule has 3 rings (SSSR count). The van der Waals surface area contributed by atoms with Crippen molar-refractivity contribution in [3.63, 3.8) is 0 Å². The quantitative estimate of drug-likeness (QED) is 0.847. The summed E-state index contributed by atoms with van der Waals surface area (Å²) in [5.74, 6) is 2.74. The zero-order valence-corrected chi connectivity index (χ0v) is 14.4. The van der Waals surface area contributed by atoms with Crippen LogP contribution >= 0.6 is 0 Å². The van der Waals surface area contributed by atoms with Crippen LogP contribution in [0.5, 0.6) is 11.5 Å². The lowest BCUT2D eigenvalue weighted by atomic mass is 10.2. The number of benzene rings is 1. The van der Waals surface area contributed by atoms with Gasteiger partial charge in [-0.15, -0.1) is 0 Å². The maximum atomic E-state index is 5.44. The van der Waals surface area contributed by atoms with E-state index in [4.69, 9.17) is 9.47 Å². The summed E-state index contributed by atoms with van der Waals surface area (Å²) in [6.07, 6.45) is 4.43. The smallest absolute Gasteiger partial charge is 0.128 e. The highest BCUT2D eigenvalue weighted by Crippen LogP contribution is 2.24. The van der Waals surface area contributed by atoms with E-state index in [-0.39, 0.29) is 0 Å². The van der Waals surface area contributed by atoms with Crippen LogP contribution in [0.2, 0.25) is 0 Å². The molecule has 5 heteroatoms. The van der Waals surface area contributed by atoms with Crippen molar-refractivity contribution in [1.29, 1.82) is 0 Å². The van der Waals surface area contributed by atoms with Crippen LogP contribution in [-0.4, -0.2) is 32.3 Å². The molecule has 2 heterocycles. The molecule has 1 N–H and O–H groups in total. The Hall–Kier alpha value is -2.27. The number of nitrogens with zero attached hydrogens (tertiary/aromatic N) is 2. The Bertz CT molecular complexity index is 669. The van der Waals surface area contributed by atoms with Crippen molar-refractivity contribution < 1.29 is 9.47 Å². The molecule has 1 aromatic carbocycles. The van der Waals surface area contributed by atoms with E-state index in [1.807, 2.05) is 24.4 Å². The summed E-state index contributed by atoms with van der Waals surface area (Å²) in [6, 6.07) is 10.2. The van der Waals surface area contributed by atoms with Crippen LogP contribution in [0.1, 0.15) is 24.0 Å². The van der Waals surface area contributed by atoms with E-state index in [9.17, 15) is 0 Å². The lowest BCUT2D eigenvalue weighted by molar-refractivity contribution is 0.390. The molecular formula is C19H25N3O2. The number of rotatable bonds is 7. The van der Waals surface area contributed by atoms with E-state index < -0.39 is 0 Å². The van der Waals surface area contributed by atoms with Gasteiger partial charge in [0.2, 0.25) is 0 Å². The Morgan fingerprint density at radius 1 is 1.04 bits per heavy atom. The Labute approximate surface area is 143 Å². The second kappa shape index (κ2) is 8.02. The van der Waals surface area contributed by atoms with E-state index in [0.29, 0.717) is 0 Å². The summed E-state index contributed by atoms with van der Waals surface area (Å²) in [7, 11) is 3.34. The Kier molecular flexibility index (Phi) is 5.54. The summed E-state index contributed by atoms with van der Waals surface area (Å²) in [4.78, 5) is 6.86. The monoisotopic (exact) mass is 327 g/mol. The molecule has 1 aliphatic rings. The fraction of sp³-hybridized carbons (Fsp3) is 0.421. The van der Waals surface area contributed by atoms with E-state index in [1.54, 1.807) is 14.2 Å². The Balaban J connectivity index is 1.59. The normalized spacial score (nSPS) is 14.0. The molecule has 1 aromatic heterocycles. The Morgan fingerprint density at radius 3 is 2.62 bits per heavy atom. The predicted molar refractivity (Wildman–Crippen MR) is 95.8 cm³/mol. The third-order valence-electron chi connectivity index (χ3n) is 4.38. The maximum absolute atomic E-state index is 5.44. The zero-order valence-electron chi connectivity index (χ0n) is 14.4.